The zero-order valence-corrected chi connectivity index (χ0v) is 12.7. The van der Waals surface area contributed by atoms with Crippen LogP contribution in [-0.2, 0) is 4.79 Å². The summed E-state index contributed by atoms with van der Waals surface area (Å²) in [5.41, 5.74) is 0.929. The van der Waals surface area contributed by atoms with E-state index < -0.39 is 5.97 Å². The van der Waals surface area contributed by atoms with E-state index >= 15 is 0 Å². The molecule has 2 rings (SSSR count). The van der Waals surface area contributed by atoms with Crippen LogP contribution >= 0.6 is 11.6 Å². The van der Waals surface area contributed by atoms with Crippen molar-refractivity contribution in [1.29, 1.82) is 0 Å². The first-order valence-corrected chi connectivity index (χ1v) is 7.29. The summed E-state index contributed by atoms with van der Waals surface area (Å²) in [6.45, 7) is 3.21. The van der Waals surface area contributed by atoms with Crippen LogP contribution < -0.4 is 4.90 Å². The monoisotopic (exact) mass is 296 g/mol. The predicted octanol–water partition coefficient (Wildman–Crippen LogP) is 2.71. The van der Waals surface area contributed by atoms with Gasteiger partial charge in [0, 0.05) is 29.3 Å². The lowest BCUT2D eigenvalue weighted by Crippen LogP contribution is -2.49. The molecule has 0 saturated carbocycles. The Hall–Kier alpha value is -1.26. The van der Waals surface area contributed by atoms with Gasteiger partial charge >= 0.3 is 5.97 Å². The van der Waals surface area contributed by atoms with Crippen molar-refractivity contribution in [2.24, 2.45) is 0 Å². The van der Waals surface area contributed by atoms with Crippen LogP contribution in [0.15, 0.2) is 24.3 Å². The van der Waals surface area contributed by atoms with E-state index in [1.165, 1.54) is 0 Å². The number of carboxylic acid groups (broad SMARTS) is 1. The minimum absolute atomic E-state index is 0.0305. The minimum Gasteiger partial charge on any atom is -0.480 e. The van der Waals surface area contributed by atoms with Crippen molar-refractivity contribution in [2.45, 2.75) is 31.8 Å². The number of halogens is 1. The topological polar surface area (TPSA) is 43.8 Å². The number of carboxylic acids is 1. The third-order valence-corrected chi connectivity index (χ3v) is 4.34. The molecule has 2 unspecified atom stereocenters. The van der Waals surface area contributed by atoms with Crippen LogP contribution in [-0.4, -0.2) is 48.2 Å². The van der Waals surface area contributed by atoms with Gasteiger partial charge in [-0.2, -0.15) is 0 Å². The van der Waals surface area contributed by atoms with E-state index in [1.54, 1.807) is 0 Å². The summed E-state index contributed by atoms with van der Waals surface area (Å²) < 4.78 is 0. The van der Waals surface area contributed by atoms with Crippen LogP contribution in [0.5, 0.6) is 0 Å². The van der Waals surface area contributed by atoms with Crippen molar-refractivity contribution in [3.05, 3.63) is 29.3 Å². The molecule has 5 heteroatoms. The molecule has 1 aliphatic heterocycles. The Morgan fingerprint density at radius 1 is 1.45 bits per heavy atom. The second-order valence-electron chi connectivity index (χ2n) is 5.51. The molecular weight excluding hydrogens is 276 g/mol. The smallest absolute Gasteiger partial charge is 0.323 e. The highest BCUT2D eigenvalue weighted by Crippen LogP contribution is 2.26. The molecule has 2 atom stereocenters. The number of benzene rings is 1. The molecule has 0 bridgehead atoms. The quantitative estimate of drug-likeness (QED) is 0.928. The Morgan fingerprint density at radius 3 is 2.65 bits per heavy atom. The summed E-state index contributed by atoms with van der Waals surface area (Å²) >= 11 is 5.91. The standard InChI is InChI=1S/C15H21ClN2O2/c1-11-9-14(7-8-17(11)2)18(10-15(19)20)13-5-3-12(16)4-6-13/h3-6,11,14H,7-10H2,1-2H3,(H,19,20). The molecule has 1 aromatic rings. The van der Waals surface area contributed by atoms with Gasteiger partial charge in [0.2, 0.25) is 0 Å². The van der Waals surface area contributed by atoms with E-state index in [0.29, 0.717) is 11.1 Å². The van der Waals surface area contributed by atoms with Crippen molar-refractivity contribution in [2.75, 3.05) is 25.0 Å². The summed E-state index contributed by atoms with van der Waals surface area (Å²) in [6.07, 6.45) is 1.96. The molecular formula is C15H21ClN2O2. The van der Waals surface area contributed by atoms with Crippen molar-refractivity contribution >= 4 is 23.3 Å². The van der Waals surface area contributed by atoms with E-state index in [0.717, 1.165) is 25.1 Å². The van der Waals surface area contributed by atoms with E-state index in [9.17, 15) is 9.90 Å². The second-order valence-corrected chi connectivity index (χ2v) is 5.94. The van der Waals surface area contributed by atoms with Gasteiger partial charge in [-0.15, -0.1) is 0 Å². The average molecular weight is 297 g/mol. The molecule has 1 fully saturated rings. The van der Waals surface area contributed by atoms with E-state index in [4.69, 9.17) is 11.6 Å². The number of hydrogen-bond donors (Lipinski definition) is 1. The number of anilines is 1. The van der Waals surface area contributed by atoms with Crippen LogP contribution in [0.2, 0.25) is 5.02 Å². The first kappa shape index (κ1) is 15.1. The Balaban J connectivity index is 2.19. The highest BCUT2D eigenvalue weighted by molar-refractivity contribution is 6.30. The molecule has 0 radical (unpaired) electrons. The zero-order chi connectivity index (χ0) is 14.7. The van der Waals surface area contributed by atoms with E-state index in [-0.39, 0.29) is 12.6 Å². The SMILES string of the molecule is CC1CC(N(CC(=O)O)c2ccc(Cl)cc2)CCN1C. The van der Waals surface area contributed by atoms with Gasteiger partial charge in [-0.25, -0.2) is 0 Å². The molecule has 1 aromatic carbocycles. The highest BCUT2D eigenvalue weighted by Gasteiger charge is 2.28. The molecule has 0 aromatic heterocycles. The van der Waals surface area contributed by atoms with Crippen molar-refractivity contribution < 1.29 is 9.90 Å². The predicted molar refractivity (Wildman–Crippen MR) is 81.5 cm³/mol. The van der Waals surface area contributed by atoms with Crippen molar-refractivity contribution in [3.8, 4) is 0 Å². The third-order valence-electron chi connectivity index (χ3n) is 4.09. The molecule has 0 amide bonds. The Labute approximate surface area is 124 Å². The summed E-state index contributed by atoms with van der Waals surface area (Å²) in [6, 6.07) is 8.15. The number of nitrogens with zero attached hydrogens (tertiary/aromatic N) is 2. The number of aliphatic carboxylic acids is 1. The molecule has 110 valence electrons. The van der Waals surface area contributed by atoms with Crippen molar-refractivity contribution in [1.82, 2.24) is 4.90 Å². The lowest BCUT2D eigenvalue weighted by Gasteiger charge is -2.41. The number of rotatable bonds is 4. The largest absolute Gasteiger partial charge is 0.480 e. The lowest BCUT2D eigenvalue weighted by molar-refractivity contribution is -0.135. The summed E-state index contributed by atoms with van der Waals surface area (Å²) in [5.74, 6) is -0.800. The molecule has 0 aliphatic carbocycles. The molecule has 1 N–H and O–H groups in total. The summed E-state index contributed by atoms with van der Waals surface area (Å²) in [7, 11) is 2.12. The van der Waals surface area contributed by atoms with Crippen LogP contribution in [0.25, 0.3) is 0 Å². The number of hydrogen-bond acceptors (Lipinski definition) is 3. The molecule has 4 nitrogen and oxygen atoms in total. The molecule has 1 heterocycles. The van der Waals surface area contributed by atoms with Crippen LogP contribution in [0, 0.1) is 0 Å². The van der Waals surface area contributed by atoms with Gasteiger partial charge in [0.05, 0.1) is 0 Å². The van der Waals surface area contributed by atoms with Gasteiger partial charge in [0.15, 0.2) is 0 Å². The first-order valence-electron chi connectivity index (χ1n) is 6.91. The average Bonchev–Trinajstić information content (AvgIpc) is 2.40. The fourth-order valence-corrected chi connectivity index (χ4v) is 2.88. The lowest BCUT2D eigenvalue weighted by atomic mass is 9.97. The maximum atomic E-state index is 11.2. The maximum Gasteiger partial charge on any atom is 0.323 e. The van der Waals surface area contributed by atoms with Crippen LogP contribution in [0.4, 0.5) is 5.69 Å². The van der Waals surface area contributed by atoms with E-state index in [2.05, 4.69) is 18.9 Å². The third kappa shape index (κ3) is 3.64. The second kappa shape index (κ2) is 6.46. The molecule has 1 saturated heterocycles. The van der Waals surface area contributed by atoms with Gasteiger partial charge < -0.3 is 14.9 Å². The van der Waals surface area contributed by atoms with Crippen LogP contribution in [0.1, 0.15) is 19.8 Å². The fourth-order valence-electron chi connectivity index (χ4n) is 2.76. The first-order chi connectivity index (χ1) is 9.47. The molecule has 1 aliphatic rings. The Kier molecular flexibility index (Phi) is 4.89. The number of piperidine rings is 1. The van der Waals surface area contributed by atoms with E-state index in [1.807, 2.05) is 29.2 Å². The Morgan fingerprint density at radius 2 is 2.10 bits per heavy atom. The number of carbonyl (C=O) groups is 1. The normalized spacial score (nSPS) is 23.6. The maximum absolute atomic E-state index is 11.2. The highest BCUT2D eigenvalue weighted by atomic mass is 35.5. The molecule has 20 heavy (non-hydrogen) atoms. The summed E-state index contributed by atoms with van der Waals surface area (Å²) in [5, 5.41) is 9.84. The van der Waals surface area contributed by atoms with Gasteiger partial charge in [-0.05, 0) is 51.1 Å². The summed E-state index contributed by atoms with van der Waals surface area (Å²) in [4.78, 5) is 15.5. The zero-order valence-electron chi connectivity index (χ0n) is 11.9. The minimum atomic E-state index is -0.800. The Bertz CT molecular complexity index is 463. The van der Waals surface area contributed by atoms with Gasteiger partial charge in [0.1, 0.15) is 6.54 Å². The fraction of sp³-hybridized carbons (Fsp3) is 0.533. The van der Waals surface area contributed by atoms with Crippen LogP contribution in [0.3, 0.4) is 0 Å². The van der Waals surface area contributed by atoms with Gasteiger partial charge in [-0.1, -0.05) is 11.6 Å². The van der Waals surface area contributed by atoms with Gasteiger partial charge in [-0.3, -0.25) is 4.79 Å². The van der Waals surface area contributed by atoms with Gasteiger partial charge in [0.25, 0.3) is 0 Å². The molecule has 0 spiro atoms. The van der Waals surface area contributed by atoms with Crippen molar-refractivity contribution in [3.63, 3.8) is 0 Å². The number of likely N-dealkylation sites (tertiary alicyclic amines) is 1.